The molecule has 2 N–H and O–H groups in total. The number of carbonyl (C=O) groups is 1. The predicted molar refractivity (Wildman–Crippen MR) is 136 cm³/mol. The second kappa shape index (κ2) is 10.2. The molecule has 188 valence electrons. The number of halogens is 2. The van der Waals surface area contributed by atoms with E-state index in [0.717, 1.165) is 30.8 Å². The molecule has 2 aliphatic heterocycles. The summed E-state index contributed by atoms with van der Waals surface area (Å²) in [5.41, 5.74) is 1.52. The maximum Gasteiger partial charge on any atom is 0.337 e. The Morgan fingerprint density at radius 3 is 2.44 bits per heavy atom. The van der Waals surface area contributed by atoms with E-state index in [2.05, 4.69) is 9.88 Å². The lowest BCUT2D eigenvalue weighted by Crippen LogP contribution is -2.47. The van der Waals surface area contributed by atoms with Crippen molar-refractivity contribution in [3.8, 4) is 11.3 Å². The number of aromatic nitrogens is 3. The van der Waals surface area contributed by atoms with Crippen molar-refractivity contribution in [2.45, 2.75) is 18.9 Å². The molecular weight excluding hydrogens is 487 g/mol. The highest BCUT2D eigenvalue weighted by molar-refractivity contribution is 6.33. The monoisotopic (exact) mass is 512 g/mol. The Labute approximate surface area is 212 Å². The van der Waals surface area contributed by atoms with E-state index in [9.17, 15) is 14.3 Å². The number of aromatic carboxylic acids is 1. The zero-order valence-electron chi connectivity index (χ0n) is 19.5. The Bertz CT molecular complexity index is 1250. The van der Waals surface area contributed by atoms with E-state index >= 15 is 0 Å². The molecule has 0 radical (unpaired) electrons. The van der Waals surface area contributed by atoms with Gasteiger partial charge in [0.2, 0.25) is 5.95 Å². The number of pyridine rings is 1. The second-order valence-electron chi connectivity index (χ2n) is 8.90. The van der Waals surface area contributed by atoms with Gasteiger partial charge in [0.1, 0.15) is 17.5 Å². The summed E-state index contributed by atoms with van der Waals surface area (Å²) in [4.78, 5) is 31.3. The third-order valence-electron chi connectivity index (χ3n) is 6.66. The minimum Gasteiger partial charge on any atom is -0.478 e. The molecule has 2 fully saturated rings. The first-order chi connectivity index (χ1) is 17.4. The molecule has 0 aliphatic carbocycles. The zero-order valence-corrected chi connectivity index (χ0v) is 20.3. The summed E-state index contributed by atoms with van der Waals surface area (Å²) in [5.74, 6) is 0.480. The van der Waals surface area contributed by atoms with Gasteiger partial charge in [0, 0.05) is 50.6 Å². The topological polar surface area (TPSA) is 106 Å². The van der Waals surface area contributed by atoms with E-state index in [0.29, 0.717) is 48.7 Å². The number of carboxylic acid groups (broad SMARTS) is 1. The number of benzene rings is 1. The van der Waals surface area contributed by atoms with Gasteiger partial charge in [-0.15, -0.1) is 0 Å². The number of aliphatic hydroxyl groups is 1. The molecule has 1 aromatic carbocycles. The van der Waals surface area contributed by atoms with Gasteiger partial charge in [0.15, 0.2) is 0 Å². The summed E-state index contributed by atoms with van der Waals surface area (Å²) < 4.78 is 13.5. The van der Waals surface area contributed by atoms with Gasteiger partial charge in [-0.3, -0.25) is 0 Å². The molecule has 2 saturated heterocycles. The Kier molecular flexibility index (Phi) is 6.88. The Balaban J connectivity index is 1.41. The van der Waals surface area contributed by atoms with Crippen LogP contribution in [-0.4, -0.2) is 76.5 Å². The number of aliphatic hydroxyl groups excluding tert-OH is 1. The standard InChI is InChI=1S/C25H26ClFN6O3/c26-20-12-17(24(35)36)14-28-23(20)32-10-8-31(9-11-32)22-13-21(16-3-5-18(27)6-4-16)29-25(30-22)33-7-1-2-19(33)15-34/h3-6,12-14,19,34H,1-2,7-11,15H2,(H,35,36)/t19-/m0/s1. The minimum absolute atomic E-state index is 0.0276. The molecule has 36 heavy (non-hydrogen) atoms. The van der Waals surface area contributed by atoms with Crippen molar-refractivity contribution in [3.63, 3.8) is 0 Å². The first kappa shape index (κ1) is 24.2. The normalized spacial score (nSPS) is 18.1. The van der Waals surface area contributed by atoms with Crippen LogP contribution in [0.4, 0.5) is 22.0 Å². The van der Waals surface area contributed by atoms with Crippen LogP contribution in [0.1, 0.15) is 23.2 Å². The Morgan fingerprint density at radius 2 is 1.78 bits per heavy atom. The van der Waals surface area contributed by atoms with Gasteiger partial charge in [0.25, 0.3) is 0 Å². The summed E-state index contributed by atoms with van der Waals surface area (Å²) >= 11 is 6.33. The summed E-state index contributed by atoms with van der Waals surface area (Å²) in [6, 6.07) is 9.51. The lowest BCUT2D eigenvalue weighted by atomic mass is 10.1. The lowest BCUT2D eigenvalue weighted by Gasteiger charge is -2.37. The maximum absolute atomic E-state index is 13.5. The molecule has 3 aromatic rings. The SMILES string of the molecule is O=C(O)c1cnc(N2CCN(c3cc(-c4ccc(F)cc4)nc(N4CCC[C@H]4CO)n3)CC2)c(Cl)c1. The lowest BCUT2D eigenvalue weighted by molar-refractivity contribution is 0.0696. The van der Waals surface area contributed by atoms with Gasteiger partial charge < -0.3 is 24.9 Å². The fourth-order valence-electron chi connectivity index (χ4n) is 4.70. The molecule has 0 spiro atoms. The molecular formula is C25H26ClFN6O3. The van der Waals surface area contributed by atoms with Crippen LogP contribution in [0.15, 0.2) is 42.6 Å². The summed E-state index contributed by atoms with van der Waals surface area (Å²) in [6.45, 7) is 3.32. The van der Waals surface area contributed by atoms with Crippen LogP contribution in [0.3, 0.4) is 0 Å². The third-order valence-corrected chi connectivity index (χ3v) is 6.94. The summed E-state index contributed by atoms with van der Waals surface area (Å²) in [6.07, 6.45) is 3.15. The highest BCUT2D eigenvalue weighted by Gasteiger charge is 2.28. The first-order valence-corrected chi connectivity index (χ1v) is 12.2. The fraction of sp³-hybridized carbons (Fsp3) is 0.360. The smallest absolute Gasteiger partial charge is 0.337 e. The minimum atomic E-state index is -1.07. The molecule has 0 bridgehead atoms. The zero-order chi connectivity index (χ0) is 25.2. The van der Waals surface area contributed by atoms with Crippen LogP contribution in [0, 0.1) is 5.82 Å². The van der Waals surface area contributed by atoms with Crippen LogP contribution < -0.4 is 14.7 Å². The Hall–Kier alpha value is -3.50. The van der Waals surface area contributed by atoms with Crippen molar-refractivity contribution < 1.29 is 19.4 Å². The molecule has 1 atom stereocenters. The van der Waals surface area contributed by atoms with Crippen LogP contribution in [-0.2, 0) is 0 Å². The van der Waals surface area contributed by atoms with Crippen molar-refractivity contribution in [1.29, 1.82) is 0 Å². The average molecular weight is 513 g/mol. The fourth-order valence-corrected chi connectivity index (χ4v) is 4.98. The van der Waals surface area contributed by atoms with Gasteiger partial charge in [-0.1, -0.05) is 11.6 Å². The van der Waals surface area contributed by atoms with Gasteiger partial charge >= 0.3 is 5.97 Å². The van der Waals surface area contributed by atoms with Crippen molar-refractivity contribution >= 4 is 35.2 Å². The van der Waals surface area contributed by atoms with Gasteiger partial charge in [-0.05, 0) is 43.2 Å². The van der Waals surface area contributed by atoms with E-state index in [1.54, 1.807) is 12.1 Å². The van der Waals surface area contributed by atoms with Crippen molar-refractivity contribution in [2.75, 3.05) is 54.0 Å². The first-order valence-electron chi connectivity index (χ1n) is 11.8. The number of hydrogen-bond donors (Lipinski definition) is 2. The van der Waals surface area contributed by atoms with E-state index in [-0.39, 0.29) is 24.0 Å². The van der Waals surface area contributed by atoms with E-state index in [4.69, 9.17) is 26.7 Å². The Morgan fingerprint density at radius 1 is 1.06 bits per heavy atom. The maximum atomic E-state index is 13.5. The molecule has 0 saturated carbocycles. The van der Waals surface area contributed by atoms with Crippen molar-refractivity contribution in [3.05, 3.63) is 59.0 Å². The molecule has 11 heteroatoms. The molecule has 0 unspecified atom stereocenters. The molecule has 5 rings (SSSR count). The number of carboxylic acids is 1. The summed E-state index contributed by atoms with van der Waals surface area (Å²) in [5, 5.41) is 19.3. The molecule has 2 aromatic heterocycles. The number of nitrogens with zero attached hydrogens (tertiary/aromatic N) is 6. The highest BCUT2D eigenvalue weighted by atomic mass is 35.5. The molecule has 9 nitrogen and oxygen atoms in total. The average Bonchev–Trinajstić information content (AvgIpc) is 3.38. The molecule has 4 heterocycles. The summed E-state index contributed by atoms with van der Waals surface area (Å²) in [7, 11) is 0. The number of anilines is 3. The number of hydrogen-bond acceptors (Lipinski definition) is 8. The van der Waals surface area contributed by atoms with E-state index < -0.39 is 5.97 Å². The number of piperazine rings is 1. The van der Waals surface area contributed by atoms with Crippen LogP contribution in [0.25, 0.3) is 11.3 Å². The largest absolute Gasteiger partial charge is 0.478 e. The highest BCUT2D eigenvalue weighted by Crippen LogP contribution is 2.31. The number of rotatable bonds is 6. The quantitative estimate of drug-likeness (QED) is 0.514. The van der Waals surface area contributed by atoms with Gasteiger partial charge in [-0.25, -0.2) is 19.2 Å². The van der Waals surface area contributed by atoms with Gasteiger partial charge in [0.05, 0.1) is 28.9 Å². The van der Waals surface area contributed by atoms with E-state index in [1.165, 1.54) is 24.4 Å². The van der Waals surface area contributed by atoms with Gasteiger partial charge in [-0.2, -0.15) is 4.98 Å². The molecule has 2 aliphatic rings. The predicted octanol–water partition coefficient (Wildman–Crippen LogP) is 3.32. The van der Waals surface area contributed by atoms with E-state index in [1.807, 2.05) is 15.9 Å². The third kappa shape index (κ3) is 4.91. The van der Waals surface area contributed by atoms with Crippen molar-refractivity contribution in [1.82, 2.24) is 15.0 Å². The second-order valence-corrected chi connectivity index (χ2v) is 9.31. The van der Waals surface area contributed by atoms with Crippen LogP contribution in [0.5, 0.6) is 0 Å². The van der Waals surface area contributed by atoms with Crippen LogP contribution in [0.2, 0.25) is 5.02 Å². The molecule has 0 amide bonds. The van der Waals surface area contributed by atoms with Crippen LogP contribution >= 0.6 is 11.6 Å². The van der Waals surface area contributed by atoms with Crippen molar-refractivity contribution in [2.24, 2.45) is 0 Å².